The fourth-order valence-corrected chi connectivity index (χ4v) is 1.25. The molecular weight excluding hydrogens is 152 g/mol. The maximum atomic E-state index is 9.68. The third kappa shape index (κ3) is 1.43. The van der Waals surface area contributed by atoms with Gasteiger partial charge in [0.15, 0.2) is 0 Å². The summed E-state index contributed by atoms with van der Waals surface area (Å²) in [6.45, 7) is 0. The first kappa shape index (κ1) is 6.49. The summed E-state index contributed by atoms with van der Waals surface area (Å²) in [5.74, 6) is 0.204. The van der Waals surface area contributed by atoms with E-state index in [4.69, 9.17) is 1.37 Å². The molecule has 0 radical (unpaired) electrons. The molecule has 2 nitrogen and oxygen atoms in total. The van der Waals surface area contributed by atoms with E-state index in [9.17, 15) is 10.2 Å². The number of aromatic hydroxyl groups is 1. The van der Waals surface area contributed by atoms with Crippen LogP contribution in [-0.2, 0) is 6.42 Å². The number of rotatable bonds is 2. The summed E-state index contributed by atoms with van der Waals surface area (Å²) in [7, 11) is 0. The van der Waals surface area contributed by atoms with Crippen molar-refractivity contribution in [3.05, 3.63) is 29.8 Å². The van der Waals surface area contributed by atoms with Crippen LogP contribution in [0.2, 0.25) is 0 Å². The van der Waals surface area contributed by atoms with E-state index < -0.39 is 5.60 Å². The van der Waals surface area contributed by atoms with E-state index in [0.717, 1.165) is 5.56 Å². The molecule has 1 aromatic carbocycles. The van der Waals surface area contributed by atoms with Gasteiger partial charge in [-0.1, -0.05) is 18.2 Å². The Kier molecular flexibility index (Phi) is 1.35. The van der Waals surface area contributed by atoms with Crippen molar-refractivity contribution in [2.24, 2.45) is 0 Å². The van der Waals surface area contributed by atoms with E-state index in [1.54, 1.807) is 18.2 Å². The van der Waals surface area contributed by atoms with Crippen LogP contribution in [0.4, 0.5) is 0 Å². The Balaban J connectivity index is 2.15. The number of aliphatic hydroxyl groups is 1. The molecule has 0 aromatic heterocycles. The summed E-state index contributed by atoms with van der Waals surface area (Å²) in [6.07, 6.45) is 0.516. The van der Waals surface area contributed by atoms with Crippen LogP contribution in [0.5, 0.6) is 5.75 Å². The molecule has 1 saturated carbocycles. The van der Waals surface area contributed by atoms with Crippen molar-refractivity contribution >= 4 is 0 Å². The van der Waals surface area contributed by atoms with Crippen LogP contribution in [0.1, 0.15) is 19.8 Å². The highest BCUT2D eigenvalue weighted by Crippen LogP contribution is 2.39. The van der Waals surface area contributed by atoms with Crippen LogP contribution >= 0.6 is 0 Å². The summed E-state index contributed by atoms with van der Waals surface area (Å²) in [6, 6.07) is 6.94. The minimum Gasteiger partial charge on any atom is -0.508 e. The predicted octanol–water partition coefficient (Wildman–Crippen LogP) is 1.46. The Morgan fingerprint density at radius 1 is 1.50 bits per heavy atom. The molecule has 1 aliphatic carbocycles. The van der Waals surface area contributed by atoms with E-state index in [1.165, 1.54) is 0 Å². The smallest absolute Gasteiger partial charge is 0.118 e. The average molecular weight is 165 g/mol. The van der Waals surface area contributed by atoms with Gasteiger partial charge in [-0.3, -0.25) is 0 Å². The normalized spacial score (nSPS) is 34.4. The number of benzene rings is 1. The third-order valence-electron chi connectivity index (χ3n) is 2.16. The number of para-hydroxylation sites is 1. The fraction of sp³-hybridized carbons (Fsp3) is 0.400. The van der Waals surface area contributed by atoms with Gasteiger partial charge in [0, 0.05) is 7.79 Å². The van der Waals surface area contributed by atoms with Gasteiger partial charge in [0.25, 0.3) is 0 Å². The molecule has 1 aliphatic rings. The number of phenols is 1. The Morgan fingerprint density at radius 2 is 2.17 bits per heavy atom. The lowest BCUT2D eigenvalue weighted by Gasteiger charge is -2.08. The van der Waals surface area contributed by atoms with Crippen LogP contribution in [0, 0.1) is 0 Å². The fourth-order valence-electron chi connectivity index (χ4n) is 1.25. The molecule has 1 aromatic rings. The maximum absolute atomic E-state index is 9.68. The number of hydrogen-bond donors (Lipinski definition) is 2. The van der Waals surface area contributed by atoms with Crippen molar-refractivity contribution in [2.75, 3.05) is 0 Å². The molecule has 0 aliphatic heterocycles. The highest BCUT2D eigenvalue weighted by molar-refractivity contribution is 5.33. The highest BCUT2D eigenvalue weighted by atomic mass is 16.3. The molecule has 64 valence electrons. The second-order valence-electron chi connectivity index (χ2n) is 3.32. The zero-order valence-electron chi connectivity index (χ0n) is 7.70. The molecule has 12 heavy (non-hydrogen) atoms. The minimum atomic E-state index is -0.890. The number of phenolic OH excluding ortho intramolecular Hbond substituents is 1. The highest BCUT2D eigenvalue weighted by Gasteiger charge is 2.40. The van der Waals surface area contributed by atoms with E-state index in [1.807, 2.05) is 6.07 Å². The topological polar surface area (TPSA) is 40.5 Å². The predicted molar refractivity (Wildman–Crippen MR) is 46.0 cm³/mol. The van der Waals surface area contributed by atoms with Crippen molar-refractivity contribution in [3.8, 4) is 5.75 Å². The zero-order chi connectivity index (χ0) is 9.47. The maximum Gasteiger partial charge on any atom is 0.118 e. The van der Waals surface area contributed by atoms with Gasteiger partial charge in [0.1, 0.15) is 5.75 Å². The van der Waals surface area contributed by atoms with Crippen molar-refractivity contribution in [2.45, 2.75) is 24.8 Å². The SMILES string of the molecule is [2H]C1CC1(O)Cc1ccccc1O. The van der Waals surface area contributed by atoms with Crippen molar-refractivity contribution < 1.29 is 11.6 Å². The molecule has 0 spiro atoms. The van der Waals surface area contributed by atoms with Crippen molar-refractivity contribution in [3.63, 3.8) is 0 Å². The first-order valence-electron chi connectivity index (χ1n) is 4.61. The summed E-state index contributed by atoms with van der Waals surface area (Å²) in [5.41, 5.74) is -0.168. The lowest BCUT2D eigenvalue weighted by atomic mass is 10.1. The molecule has 2 rings (SSSR count). The van der Waals surface area contributed by atoms with Crippen LogP contribution in [0.15, 0.2) is 24.3 Å². The van der Waals surface area contributed by atoms with Crippen LogP contribution in [0.25, 0.3) is 0 Å². The Labute approximate surface area is 72.9 Å². The molecule has 2 atom stereocenters. The van der Waals surface area contributed by atoms with Crippen molar-refractivity contribution in [1.29, 1.82) is 0 Å². The monoisotopic (exact) mass is 165 g/mol. The van der Waals surface area contributed by atoms with E-state index >= 15 is 0 Å². The molecule has 2 heteroatoms. The van der Waals surface area contributed by atoms with Crippen molar-refractivity contribution in [1.82, 2.24) is 0 Å². The molecular formula is C10H12O2. The lowest BCUT2D eigenvalue weighted by Crippen LogP contribution is -2.10. The number of hydrogen-bond acceptors (Lipinski definition) is 2. The van der Waals surface area contributed by atoms with Gasteiger partial charge in [-0.25, -0.2) is 0 Å². The third-order valence-corrected chi connectivity index (χ3v) is 2.16. The zero-order valence-corrected chi connectivity index (χ0v) is 6.70. The average Bonchev–Trinajstić information content (AvgIpc) is 2.65. The Hall–Kier alpha value is -1.02. The second kappa shape index (κ2) is 2.49. The summed E-state index contributed by atoms with van der Waals surface area (Å²) >= 11 is 0. The summed E-state index contributed by atoms with van der Waals surface area (Å²) < 4.78 is 7.34. The van der Waals surface area contributed by atoms with Crippen LogP contribution in [-0.4, -0.2) is 15.8 Å². The van der Waals surface area contributed by atoms with Gasteiger partial charge in [0.2, 0.25) is 0 Å². The summed E-state index contributed by atoms with van der Waals surface area (Å²) in [4.78, 5) is 0. The largest absolute Gasteiger partial charge is 0.508 e. The molecule has 0 amide bonds. The lowest BCUT2D eigenvalue weighted by molar-refractivity contribution is 0.150. The van der Waals surface area contributed by atoms with Gasteiger partial charge in [0.05, 0.1) is 5.60 Å². The van der Waals surface area contributed by atoms with E-state index in [0.29, 0.717) is 12.8 Å². The van der Waals surface area contributed by atoms with Gasteiger partial charge in [-0.05, 0) is 24.4 Å². The summed E-state index contributed by atoms with van der Waals surface area (Å²) in [5, 5.41) is 19.1. The minimum absolute atomic E-state index is 0.204. The first-order valence-corrected chi connectivity index (χ1v) is 4.03. The molecule has 0 saturated heterocycles. The molecule has 1 fully saturated rings. The first-order chi connectivity index (χ1) is 6.12. The molecule has 0 heterocycles. The van der Waals surface area contributed by atoms with Crippen LogP contribution < -0.4 is 0 Å². The van der Waals surface area contributed by atoms with Gasteiger partial charge >= 0.3 is 0 Å². The van der Waals surface area contributed by atoms with Gasteiger partial charge in [-0.15, -0.1) is 0 Å². The molecule has 0 bridgehead atoms. The van der Waals surface area contributed by atoms with E-state index in [-0.39, 0.29) is 12.1 Å². The Bertz CT molecular complexity index is 326. The Morgan fingerprint density at radius 3 is 2.75 bits per heavy atom. The second-order valence-corrected chi connectivity index (χ2v) is 3.32. The van der Waals surface area contributed by atoms with Crippen LogP contribution in [0.3, 0.4) is 0 Å². The molecule has 2 N–H and O–H groups in total. The van der Waals surface area contributed by atoms with Gasteiger partial charge in [-0.2, -0.15) is 0 Å². The quantitative estimate of drug-likeness (QED) is 0.696. The molecule has 2 unspecified atom stereocenters. The van der Waals surface area contributed by atoms with E-state index in [2.05, 4.69) is 0 Å². The van der Waals surface area contributed by atoms with Gasteiger partial charge < -0.3 is 10.2 Å². The standard InChI is InChI=1S/C10H12O2/c11-9-4-2-1-3-8(9)7-10(12)5-6-10/h1-4,11-12H,5-7H2/i5D.